The second kappa shape index (κ2) is 19.0. The molecule has 2 rings (SSSR count). The summed E-state index contributed by atoms with van der Waals surface area (Å²) in [6, 6.07) is 7.15. The zero-order valence-electron chi connectivity index (χ0n) is 12.4. The largest absolute Gasteiger partial charge is 0.508 e. The first kappa shape index (κ1) is 28.2. The maximum atomic E-state index is 8.81. The van der Waals surface area contributed by atoms with Crippen molar-refractivity contribution in [2.75, 3.05) is 0 Å². The van der Waals surface area contributed by atoms with E-state index in [1.54, 1.807) is 12.1 Å². The van der Waals surface area contributed by atoms with Gasteiger partial charge < -0.3 is 5.11 Å². The number of hydrogen-bond acceptors (Lipinski definition) is 1. The fourth-order valence-corrected chi connectivity index (χ4v) is 1.14. The third-order valence-electron chi connectivity index (χ3n) is 1.87. The normalized spacial score (nSPS) is 10.1. The van der Waals surface area contributed by atoms with Crippen LogP contribution in [0.2, 0.25) is 13.1 Å². The summed E-state index contributed by atoms with van der Waals surface area (Å²) in [4.78, 5) is 0. The SMILES string of the molecule is CC1=[C-]CC=C1.C[Si]C.Cc1cccc(O)c1.Cl.Cl.[Ti]. The first-order chi connectivity index (χ1) is 8.10. The van der Waals surface area contributed by atoms with Crippen molar-refractivity contribution < 1.29 is 26.8 Å². The van der Waals surface area contributed by atoms with Crippen molar-refractivity contribution in [3.05, 3.63) is 53.6 Å². The van der Waals surface area contributed by atoms with E-state index in [4.69, 9.17) is 5.11 Å². The molecule has 1 aliphatic rings. The van der Waals surface area contributed by atoms with E-state index in [-0.39, 0.29) is 46.5 Å². The number of phenolic OH excluding ortho intramolecular Hbond substituents is 1. The van der Waals surface area contributed by atoms with E-state index in [1.807, 2.05) is 19.1 Å². The van der Waals surface area contributed by atoms with E-state index in [2.05, 4.69) is 38.2 Å². The number of allylic oxidation sites excluding steroid dienone is 4. The van der Waals surface area contributed by atoms with E-state index in [1.165, 1.54) is 5.57 Å². The maximum absolute atomic E-state index is 8.81. The third kappa shape index (κ3) is 18.0. The summed E-state index contributed by atoms with van der Waals surface area (Å²) in [7, 11) is 1.08. The van der Waals surface area contributed by atoms with Crippen molar-refractivity contribution in [2.24, 2.45) is 0 Å². The van der Waals surface area contributed by atoms with Gasteiger partial charge in [0.2, 0.25) is 0 Å². The van der Waals surface area contributed by atoms with Gasteiger partial charge in [-0.3, -0.25) is 6.08 Å². The predicted octanol–water partition coefficient (Wildman–Crippen LogP) is 5.02. The molecule has 0 fully saturated rings. The number of aromatic hydroxyl groups is 1. The molecule has 1 aliphatic carbocycles. The van der Waals surface area contributed by atoms with E-state index in [0.29, 0.717) is 5.75 Å². The molecule has 0 aliphatic heterocycles. The van der Waals surface area contributed by atoms with Crippen LogP contribution in [0.4, 0.5) is 0 Å². The van der Waals surface area contributed by atoms with Crippen molar-refractivity contribution in [1.82, 2.24) is 0 Å². The molecule has 0 atom stereocenters. The molecule has 0 saturated carbocycles. The molecule has 0 amide bonds. The summed E-state index contributed by atoms with van der Waals surface area (Å²) in [5.74, 6) is 0.338. The predicted molar refractivity (Wildman–Crippen MR) is 91.0 cm³/mol. The zero-order valence-corrected chi connectivity index (χ0v) is 16.6. The Morgan fingerprint density at radius 1 is 1.15 bits per heavy atom. The second-order valence-electron chi connectivity index (χ2n) is 3.81. The van der Waals surface area contributed by atoms with Crippen LogP contribution in [0.1, 0.15) is 18.9 Å². The standard InChI is InChI=1S/C7H8O.C6H7.C2H6Si.2ClH.Ti/c1-6-3-2-4-7(8)5-6;1-6-4-2-3-5-6;1-3-2;;;/h2-5,8H,1H3;2,4H,3H2,1H3;1-2H3;2*1H;/q;-1;;;;. The van der Waals surface area contributed by atoms with Gasteiger partial charge in [0.1, 0.15) is 5.75 Å². The summed E-state index contributed by atoms with van der Waals surface area (Å²) in [5, 5.41) is 8.81. The first-order valence-corrected chi connectivity index (χ1v) is 7.68. The fourth-order valence-electron chi connectivity index (χ4n) is 1.14. The molecule has 1 aromatic rings. The Morgan fingerprint density at radius 2 is 1.70 bits per heavy atom. The van der Waals surface area contributed by atoms with Crippen molar-refractivity contribution in [3.8, 4) is 5.75 Å². The van der Waals surface area contributed by atoms with Crippen LogP contribution in [0, 0.1) is 13.0 Å². The maximum Gasteiger partial charge on any atom is 0.115 e. The van der Waals surface area contributed by atoms with Crippen LogP contribution < -0.4 is 0 Å². The van der Waals surface area contributed by atoms with Crippen molar-refractivity contribution in [2.45, 2.75) is 33.4 Å². The Labute approximate surface area is 153 Å². The molecular weight excluding hydrogens is 343 g/mol. The molecule has 0 unspecified atom stereocenters. The third-order valence-corrected chi connectivity index (χ3v) is 1.87. The van der Waals surface area contributed by atoms with Crippen LogP contribution in [-0.4, -0.2) is 14.6 Å². The average molecular weight is 366 g/mol. The van der Waals surface area contributed by atoms with Gasteiger partial charge in [0.05, 0.1) is 0 Å². The van der Waals surface area contributed by atoms with Crippen LogP contribution in [0.15, 0.2) is 42.0 Å². The number of aryl methyl sites for hydroxylation is 1. The van der Waals surface area contributed by atoms with Gasteiger partial charge in [-0.15, -0.1) is 31.2 Å². The quantitative estimate of drug-likeness (QED) is 0.505. The topological polar surface area (TPSA) is 20.2 Å². The van der Waals surface area contributed by atoms with Gasteiger partial charge in [0, 0.05) is 31.2 Å². The van der Waals surface area contributed by atoms with Crippen LogP contribution in [-0.2, 0) is 21.7 Å². The van der Waals surface area contributed by atoms with E-state index in [9.17, 15) is 0 Å². The molecule has 20 heavy (non-hydrogen) atoms. The Kier molecular flexibility index (Phi) is 26.8. The molecule has 0 saturated heterocycles. The summed E-state index contributed by atoms with van der Waals surface area (Å²) >= 11 is 0. The summed E-state index contributed by atoms with van der Waals surface area (Å²) in [6.45, 7) is 8.31. The Balaban J connectivity index is -0.0000000970. The fraction of sp³-hybridized carbons (Fsp3) is 0.333. The van der Waals surface area contributed by atoms with Gasteiger partial charge >= 0.3 is 0 Å². The Bertz CT molecular complexity index is 362. The van der Waals surface area contributed by atoms with Crippen LogP contribution in [0.3, 0.4) is 0 Å². The monoisotopic (exact) mass is 365 g/mol. The molecule has 1 nitrogen and oxygen atoms in total. The smallest absolute Gasteiger partial charge is 0.115 e. The van der Waals surface area contributed by atoms with Gasteiger partial charge in [0.15, 0.2) is 0 Å². The minimum Gasteiger partial charge on any atom is -0.508 e. The number of phenols is 1. The molecule has 1 aromatic carbocycles. The molecule has 112 valence electrons. The molecule has 0 bridgehead atoms. The molecule has 5 heteroatoms. The molecule has 1 N–H and O–H groups in total. The van der Waals surface area contributed by atoms with Gasteiger partial charge in [-0.05, 0) is 24.6 Å². The van der Waals surface area contributed by atoms with Crippen LogP contribution in [0.25, 0.3) is 0 Å². The summed E-state index contributed by atoms with van der Waals surface area (Å²) < 4.78 is 0. The summed E-state index contributed by atoms with van der Waals surface area (Å²) in [5.41, 5.74) is 2.36. The number of hydrogen-bond donors (Lipinski definition) is 1. The molecule has 2 radical (unpaired) electrons. The van der Waals surface area contributed by atoms with Crippen LogP contribution >= 0.6 is 24.8 Å². The molecule has 0 spiro atoms. The van der Waals surface area contributed by atoms with Gasteiger partial charge in [0.25, 0.3) is 0 Å². The zero-order chi connectivity index (χ0) is 13.1. The molecule has 0 aromatic heterocycles. The second-order valence-corrected chi connectivity index (χ2v) is 4.81. The molecular formula is C15H23Cl2OSiTi-. The molecule has 0 heterocycles. The first-order valence-electron chi connectivity index (χ1n) is 5.68. The average Bonchev–Trinajstić information content (AvgIpc) is 2.71. The van der Waals surface area contributed by atoms with E-state index in [0.717, 1.165) is 21.5 Å². The Morgan fingerprint density at radius 3 is 1.90 bits per heavy atom. The van der Waals surface area contributed by atoms with Gasteiger partial charge in [-0.2, -0.15) is 6.08 Å². The van der Waals surface area contributed by atoms with Crippen molar-refractivity contribution >= 4 is 34.3 Å². The minimum atomic E-state index is 0. The summed E-state index contributed by atoms with van der Waals surface area (Å²) in [6.07, 6.45) is 8.33. The van der Waals surface area contributed by atoms with Crippen LogP contribution in [0.5, 0.6) is 5.75 Å². The van der Waals surface area contributed by atoms with E-state index >= 15 is 0 Å². The Hall–Kier alpha value is 0.0112. The van der Waals surface area contributed by atoms with Crippen molar-refractivity contribution in [3.63, 3.8) is 0 Å². The minimum absolute atomic E-state index is 0. The number of halogens is 2. The van der Waals surface area contributed by atoms with Gasteiger partial charge in [-0.25, -0.2) is 11.6 Å². The van der Waals surface area contributed by atoms with Crippen molar-refractivity contribution in [1.29, 1.82) is 0 Å². The number of rotatable bonds is 0. The number of benzene rings is 1. The van der Waals surface area contributed by atoms with E-state index < -0.39 is 0 Å². The van der Waals surface area contributed by atoms with Gasteiger partial charge in [-0.1, -0.05) is 32.2 Å².